The van der Waals surface area contributed by atoms with Crippen LogP contribution < -0.4 is 0 Å². The van der Waals surface area contributed by atoms with Crippen molar-refractivity contribution in [1.29, 1.82) is 0 Å². The molecule has 2 fully saturated rings. The van der Waals surface area contributed by atoms with E-state index in [1.165, 1.54) is 0 Å². The van der Waals surface area contributed by atoms with Gasteiger partial charge in [-0.25, -0.2) is 0 Å². The molecule has 2 unspecified atom stereocenters. The van der Waals surface area contributed by atoms with E-state index in [4.69, 9.17) is 14.2 Å². The fourth-order valence-corrected chi connectivity index (χ4v) is 4.47. The first-order valence-electron chi connectivity index (χ1n) is 9.62. The minimum absolute atomic E-state index is 0.701. The topological polar surface area (TPSA) is 27.7 Å². The summed E-state index contributed by atoms with van der Waals surface area (Å²) in [5, 5.41) is 0. The van der Waals surface area contributed by atoms with E-state index in [0.29, 0.717) is 13.2 Å². The van der Waals surface area contributed by atoms with E-state index in [1.807, 2.05) is 24.3 Å². The SMILES string of the molecule is Brc1ccc(C2(OC3(c4ccc(Br)cc4)CCCCO3)CCCCO2)cc1. The smallest absolute Gasteiger partial charge is 0.198 e. The van der Waals surface area contributed by atoms with Crippen LogP contribution >= 0.6 is 31.9 Å². The Morgan fingerprint density at radius 1 is 0.630 bits per heavy atom. The maximum absolute atomic E-state index is 6.88. The van der Waals surface area contributed by atoms with E-state index < -0.39 is 11.6 Å². The molecule has 0 spiro atoms. The van der Waals surface area contributed by atoms with Gasteiger partial charge in [0, 0.05) is 32.9 Å². The number of hydrogen-bond acceptors (Lipinski definition) is 3. The van der Waals surface area contributed by atoms with Crippen LogP contribution in [0.4, 0.5) is 0 Å². The zero-order chi connectivity index (χ0) is 18.7. The molecular formula is C22H24Br2O3. The molecule has 144 valence electrons. The second-order valence-electron chi connectivity index (χ2n) is 7.23. The second-order valence-corrected chi connectivity index (χ2v) is 9.06. The van der Waals surface area contributed by atoms with Crippen molar-refractivity contribution in [3.8, 4) is 0 Å². The molecule has 0 bridgehead atoms. The Morgan fingerprint density at radius 3 is 1.37 bits per heavy atom. The molecule has 2 aliphatic rings. The van der Waals surface area contributed by atoms with Crippen LogP contribution in [0.3, 0.4) is 0 Å². The maximum Gasteiger partial charge on any atom is 0.198 e. The van der Waals surface area contributed by atoms with E-state index >= 15 is 0 Å². The van der Waals surface area contributed by atoms with E-state index in [2.05, 4.69) is 56.1 Å². The van der Waals surface area contributed by atoms with Gasteiger partial charge in [0.05, 0.1) is 13.2 Å². The van der Waals surface area contributed by atoms with Crippen LogP contribution in [0.15, 0.2) is 57.5 Å². The molecule has 2 aromatic rings. The maximum atomic E-state index is 6.88. The molecule has 0 aromatic heterocycles. The van der Waals surface area contributed by atoms with Crippen LogP contribution in [0.25, 0.3) is 0 Å². The van der Waals surface area contributed by atoms with Gasteiger partial charge < -0.3 is 14.2 Å². The largest absolute Gasteiger partial charge is 0.346 e. The molecule has 0 radical (unpaired) electrons. The third-order valence-corrected chi connectivity index (χ3v) is 6.43. The summed E-state index contributed by atoms with van der Waals surface area (Å²) >= 11 is 7.06. The Kier molecular flexibility index (Phi) is 6.05. The molecular weight excluding hydrogens is 472 g/mol. The molecule has 0 N–H and O–H groups in total. The normalized spacial score (nSPS) is 28.8. The average molecular weight is 496 g/mol. The second kappa shape index (κ2) is 8.34. The highest BCUT2D eigenvalue weighted by atomic mass is 79.9. The minimum Gasteiger partial charge on any atom is -0.346 e. The fourth-order valence-electron chi connectivity index (χ4n) is 3.95. The number of rotatable bonds is 4. The lowest BCUT2D eigenvalue weighted by atomic mass is 9.93. The predicted molar refractivity (Wildman–Crippen MR) is 112 cm³/mol. The molecule has 2 aliphatic heterocycles. The molecule has 0 aliphatic carbocycles. The van der Waals surface area contributed by atoms with Crippen molar-refractivity contribution in [3.63, 3.8) is 0 Å². The Balaban J connectivity index is 1.74. The Hall–Kier alpha value is -0.720. The van der Waals surface area contributed by atoms with Gasteiger partial charge in [-0.3, -0.25) is 0 Å². The zero-order valence-electron chi connectivity index (χ0n) is 15.3. The van der Waals surface area contributed by atoms with Crippen molar-refractivity contribution in [1.82, 2.24) is 0 Å². The molecule has 0 amide bonds. The fraction of sp³-hybridized carbons (Fsp3) is 0.455. The summed E-state index contributed by atoms with van der Waals surface area (Å²) in [6.07, 6.45) is 5.94. The molecule has 5 heteroatoms. The van der Waals surface area contributed by atoms with Crippen molar-refractivity contribution in [2.75, 3.05) is 13.2 Å². The van der Waals surface area contributed by atoms with Crippen LogP contribution in [0.5, 0.6) is 0 Å². The van der Waals surface area contributed by atoms with Crippen molar-refractivity contribution in [2.45, 2.75) is 50.1 Å². The van der Waals surface area contributed by atoms with E-state index in [0.717, 1.165) is 58.6 Å². The number of benzene rings is 2. The van der Waals surface area contributed by atoms with Crippen LogP contribution in [0.1, 0.15) is 49.7 Å². The van der Waals surface area contributed by atoms with Crippen LogP contribution in [0.2, 0.25) is 0 Å². The lowest BCUT2D eigenvalue weighted by Crippen LogP contribution is -2.47. The summed E-state index contributed by atoms with van der Waals surface area (Å²) in [4.78, 5) is 0. The Labute approximate surface area is 177 Å². The zero-order valence-corrected chi connectivity index (χ0v) is 18.4. The van der Waals surface area contributed by atoms with Gasteiger partial charge in [0.25, 0.3) is 0 Å². The minimum atomic E-state index is -0.774. The first kappa shape index (κ1) is 19.6. The molecule has 2 heterocycles. The summed E-state index contributed by atoms with van der Waals surface area (Å²) in [6, 6.07) is 16.6. The Morgan fingerprint density at radius 2 is 1.04 bits per heavy atom. The summed E-state index contributed by atoms with van der Waals surface area (Å²) in [6.45, 7) is 1.40. The highest BCUT2D eigenvalue weighted by molar-refractivity contribution is 9.10. The van der Waals surface area contributed by atoms with Crippen LogP contribution in [-0.4, -0.2) is 13.2 Å². The van der Waals surface area contributed by atoms with Crippen LogP contribution in [-0.2, 0) is 25.8 Å². The predicted octanol–water partition coefficient (Wildman–Crippen LogP) is 6.64. The summed E-state index contributed by atoms with van der Waals surface area (Å²) in [5.74, 6) is -1.55. The number of ether oxygens (including phenoxy) is 3. The molecule has 0 saturated carbocycles. The quantitative estimate of drug-likeness (QED) is 0.476. The van der Waals surface area contributed by atoms with Gasteiger partial charge in [0.1, 0.15) is 0 Å². The van der Waals surface area contributed by atoms with Gasteiger partial charge in [0.15, 0.2) is 11.6 Å². The average Bonchev–Trinajstić information content (AvgIpc) is 2.70. The molecule has 27 heavy (non-hydrogen) atoms. The molecule has 2 aromatic carbocycles. The monoisotopic (exact) mass is 494 g/mol. The lowest BCUT2D eigenvalue weighted by Gasteiger charge is -2.47. The lowest BCUT2D eigenvalue weighted by molar-refractivity contribution is -0.392. The van der Waals surface area contributed by atoms with E-state index in [-0.39, 0.29) is 0 Å². The standard InChI is InChI=1S/C22H24Br2O3/c23-19-9-5-17(6-10-19)21(13-1-3-15-25-21)27-22(14-2-4-16-26-22)18-7-11-20(24)12-8-18/h5-12H,1-4,13-16H2. The van der Waals surface area contributed by atoms with Gasteiger partial charge >= 0.3 is 0 Å². The summed E-state index contributed by atoms with van der Waals surface area (Å²) in [7, 11) is 0. The van der Waals surface area contributed by atoms with Crippen LogP contribution in [0, 0.1) is 0 Å². The Bertz CT molecular complexity index is 681. The molecule has 4 rings (SSSR count). The third-order valence-electron chi connectivity index (χ3n) is 5.37. The highest BCUT2D eigenvalue weighted by Crippen LogP contribution is 2.47. The van der Waals surface area contributed by atoms with Gasteiger partial charge in [-0.2, -0.15) is 0 Å². The van der Waals surface area contributed by atoms with Crippen molar-refractivity contribution < 1.29 is 14.2 Å². The number of halogens is 2. The van der Waals surface area contributed by atoms with Gasteiger partial charge in [-0.05, 0) is 49.9 Å². The first-order valence-corrected chi connectivity index (χ1v) is 11.2. The molecule has 3 nitrogen and oxygen atoms in total. The van der Waals surface area contributed by atoms with Gasteiger partial charge in [-0.1, -0.05) is 56.1 Å². The highest BCUT2D eigenvalue weighted by Gasteiger charge is 2.47. The van der Waals surface area contributed by atoms with Crippen molar-refractivity contribution in [2.24, 2.45) is 0 Å². The molecule has 2 saturated heterocycles. The summed E-state index contributed by atoms with van der Waals surface area (Å²) in [5.41, 5.74) is 2.10. The number of hydrogen-bond donors (Lipinski definition) is 0. The van der Waals surface area contributed by atoms with Gasteiger partial charge in [-0.15, -0.1) is 0 Å². The first-order chi connectivity index (χ1) is 13.1. The molecule has 2 atom stereocenters. The third kappa shape index (κ3) is 4.18. The van der Waals surface area contributed by atoms with E-state index in [1.54, 1.807) is 0 Å². The summed E-state index contributed by atoms with van der Waals surface area (Å²) < 4.78 is 21.7. The van der Waals surface area contributed by atoms with Crippen molar-refractivity contribution >= 4 is 31.9 Å². The van der Waals surface area contributed by atoms with Gasteiger partial charge in [0.2, 0.25) is 0 Å². The van der Waals surface area contributed by atoms with Crippen molar-refractivity contribution in [3.05, 3.63) is 68.6 Å². The van der Waals surface area contributed by atoms with E-state index in [9.17, 15) is 0 Å².